The second-order valence-corrected chi connectivity index (χ2v) is 3.75. The molecule has 0 saturated carbocycles. The molecule has 0 N–H and O–H groups in total. The molecule has 0 aromatic carbocycles. The minimum atomic E-state index is -0.319. The maximum absolute atomic E-state index is 11.0. The van der Waals surface area contributed by atoms with E-state index in [-0.39, 0.29) is 23.4 Å². The van der Waals surface area contributed by atoms with Crippen molar-refractivity contribution >= 4 is 22.8 Å². The smallest absolute Gasteiger partial charge is 0.308 e. The monoisotopic (exact) mass is 190 g/mol. The van der Waals surface area contributed by atoms with Gasteiger partial charge in [0.05, 0.1) is 13.0 Å². The SMILES string of the molecule is CCSC(=O)C[C@@H](C)C(=O)OC. The van der Waals surface area contributed by atoms with E-state index in [1.807, 2.05) is 6.92 Å². The topological polar surface area (TPSA) is 43.4 Å². The Labute approximate surface area is 76.9 Å². The Kier molecular flexibility index (Phi) is 5.80. The van der Waals surface area contributed by atoms with E-state index >= 15 is 0 Å². The number of hydrogen-bond acceptors (Lipinski definition) is 4. The predicted molar refractivity (Wildman–Crippen MR) is 48.9 cm³/mol. The zero-order valence-corrected chi connectivity index (χ0v) is 8.44. The van der Waals surface area contributed by atoms with Crippen LogP contribution in [0.3, 0.4) is 0 Å². The molecule has 4 heteroatoms. The second kappa shape index (κ2) is 6.06. The van der Waals surface area contributed by atoms with Crippen molar-refractivity contribution in [1.29, 1.82) is 0 Å². The first-order chi connectivity index (χ1) is 5.61. The predicted octanol–water partition coefficient (Wildman–Crippen LogP) is 1.47. The lowest BCUT2D eigenvalue weighted by molar-refractivity contribution is -0.145. The molecule has 0 aromatic rings. The summed E-state index contributed by atoms with van der Waals surface area (Å²) in [5, 5.41) is 0.0513. The molecule has 0 aliphatic rings. The fourth-order valence-corrected chi connectivity index (χ4v) is 1.44. The molecule has 0 saturated heterocycles. The van der Waals surface area contributed by atoms with Gasteiger partial charge in [-0.25, -0.2) is 0 Å². The van der Waals surface area contributed by atoms with Crippen molar-refractivity contribution in [2.24, 2.45) is 5.92 Å². The third-order valence-electron chi connectivity index (χ3n) is 1.38. The van der Waals surface area contributed by atoms with Crippen LogP contribution in [0.4, 0.5) is 0 Å². The molecular weight excluding hydrogens is 176 g/mol. The van der Waals surface area contributed by atoms with Gasteiger partial charge in [-0.2, -0.15) is 0 Å². The highest BCUT2D eigenvalue weighted by Crippen LogP contribution is 2.12. The Hall–Kier alpha value is -0.510. The maximum Gasteiger partial charge on any atom is 0.308 e. The van der Waals surface area contributed by atoms with Crippen molar-refractivity contribution in [3.63, 3.8) is 0 Å². The molecule has 1 atom stereocenters. The molecule has 0 radical (unpaired) electrons. The molecule has 70 valence electrons. The Bertz CT molecular complexity index is 168. The molecule has 12 heavy (non-hydrogen) atoms. The zero-order chi connectivity index (χ0) is 9.56. The first kappa shape index (κ1) is 11.5. The number of esters is 1. The Morgan fingerprint density at radius 3 is 2.50 bits per heavy atom. The summed E-state index contributed by atoms with van der Waals surface area (Å²) in [6.07, 6.45) is 0.269. The fraction of sp³-hybridized carbons (Fsp3) is 0.750. The molecule has 0 heterocycles. The minimum Gasteiger partial charge on any atom is -0.469 e. The van der Waals surface area contributed by atoms with Crippen LogP contribution in [0.5, 0.6) is 0 Å². The van der Waals surface area contributed by atoms with Crippen LogP contribution in [0.15, 0.2) is 0 Å². The molecule has 3 nitrogen and oxygen atoms in total. The lowest BCUT2D eigenvalue weighted by Crippen LogP contribution is -2.15. The average Bonchev–Trinajstić information content (AvgIpc) is 2.03. The lowest BCUT2D eigenvalue weighted by Gasteiger charge is -2.06. The summed E-state index contributed by atoms with van der Waals surface area (Å²) in [6, 6.07) is 0. The van der Waals surface area contributed by atoms with E-state index in [1.54, 1.807) is 6.92 Å². The Balaban J connectivity index is 3.75. The van der Waals surface area contributed by atoms with Gasteiger partial charge in [-0.05, 0) is 5.75 Å². The number of carbonyl (C=O) groups is 2. The third kappa shape index (κ3) is 4.38. The highest BCUT2D eigenvalue weighted by molar-refractivity contribution is 8.13. The second-order valence-electron chi connectivity index (χ2n) is 2.43. The zero-order valence-electron chi connectivity index (χ0n) is 7.62. The largest absolute Gasteiger partial charge is 0.469 e. The van der Waals surface area contributed by atoms with Crippen LogP contribution in [-0.2, 0) is 14.3 Å². The van der Waals surface area contributed by atoms with Gasteiger partial charge in [0, 0.05) is 6.42 Å². The van der Waals surface area contributed by atoms with Crippen molar-refractivity contribution in [2.45, 2.75) is 20.3 Å². The minimum absolute atomic E-state index is 0.0513. The summed E-state index contributed by atoms with van der Waals surface area (Å²) >= 11 is 1.24. The van der Waals surface area contributed by atoms with Gasteiger partial charge in [0.1, 0.15) is 0 Å². The number of rotatable bonds is 4. The van der Waals surface area contributed by atoms with Gasteiger partial charge in [0.25, 0.3) is 0 Å². The molecule has 0 aliphatic carbocycles. The summed E-state index contributed by atoms with van der Waals surface area (Å²) in [6.45, 7) is 3.60. The third-order valence-corrected chi connectivity index (χ3v) is 2.16. The summed E-state index contributed by atoms with van der Waals surface area (Å²) in [4.78, 5) is 21.9. The Morgan fingerprint density at radius 2 is 2.08 bits per heavy atom. The normalized spacial score (nSPS) is 12.2. The molecule has 0 aromatic heterocycles. The molecule has 0 amide bonds. The van der Waals surface area contributed by atoms with Gasteiger partial charge in [0.2, 0.25) is 0 Å². The van der Waals surface area contributed by atoms with Crippen molar-refractivity contribution in [3.8, 4) is 0 Å². The number of methoxy groups -OCH3 is 1. The van der Waals surface area contributed by atoms with E-state index in [1.165, 1.54) is 18.9 Å². The average molecular weight is 190 g/mol. The van der Waals surface area contributed by atoms with Crippen LogP contribution in [0.1, 0.15) is 20.3 Å². The van der Waals surface area contributed by atoms with Crippen molar-refractivity contribution < 1.29 is 14.3 Å². The number of thioether (sulfide) groups is 1. The number of ether oxygens (including phenoxy) is 1. The van der Waals surface area contributed by atoms with E-state index in [2.05, 4.69) is 4.74 Å². The standard InChI is InChI=1S/C8H14O3S/c1-4-12-7(9)5-6(2)8(10)11-3/h6H,4-5H2,1-3H3/t6-/m1/s1. The summed E-state index contributed by atoms with van der Waals surface area (Å²) < 4.78 is 4.49. The first-order valence-electron chi connectivity index (χ1n) is 3.85. The van der Waals surface area contributed by atoms with Gasteiger partial charge in [0.15, 0.2) is 5.12 Å². The summed E-state index contributed by atoms with van der Waals surface area (Å²) in [5.41, 5.74) is 0. The number of carbonyl (C=O) groups excluding carboxylic acids is 2. The molecular formula is C8H14O3S. The highest BCUT2D eigenvalue weighted by atomic mass is 32.2. The fourth-order valence-electron chi connectivity index (χ4n) is 0.754. The van der Waals surface area contributed by atoms with Crippen LogP contribution in [0.2, 0.25) is 0 Å². The van der Waals surface area contributed by atoms with Gasteiger partial charge in [-0.3, -0.25) is 9.59 Å². The van der Waals surface area contributed by atoms with Crippen LogP contribution in [0, 0.1) is 5.92 Å². The van der Waals surface area contributed by atoms with Gasteiger partial charge < -0.3 is 4.74 Å². The summed E-state index contributed by atoms with van der Waals surface area (Å²) in [5.74, 6) is 0.119. The molecule has 0 bridgehead atoms. The van der Waals surface area contributed by atoms with Crippen LogP contribution >= 0.6 is 11.8 Å². The van der Waals surface area contributed by atoms with E-state index in [4.69, 9.17) is 0 Å². The van der Waals surface area contributed by atoms with Gasteiger partial charge >= 0.3 is 5.97 Å². The molecule has 0 unspecified atom stereocenters. The maximum atomic E-state index is 11.0. The van der Waals surface area contributed by atoms with Crippen LogP contribution in [-0.4, -0.2) is 23.9 Å². The molecule has 0 aliphatic heterocycles. The van der Waals surface area contributed by atoms with Crippen LogP contribution < -0.4 is 0 Å². The molecule has 0 rings (SSSR count). The lowest BCUT2D eigenvalue weighted by atomic mass is 10.1. The quantitative estimate of drug-likeness (QED) is 0.629. The van der Waals surface area contributed by atoms with Crippen LogP contribution in [0.25, 0.3) is 0 Å². The van der Waals surface area contributed by atoms with Gasteiger partial charge in [-0.1, -0.05) is 25.6 Å². The number of hydrogen-bond donors (Lipinski definition) is 0. The molecule has 0 fully saturated rings. The van der Waals surface area contributed by atoms with Crippen molar-refractivity contribution in [3.05, 3.63) is 0 Å². The van der Waals surface area contributed by atoms with E-state index < -0.39 is 0 Å². The van der Waals surface area contributed by atoms with E-state index in [9.17, 15) is 9.59 Å². The first-order valence-corrected chi connectivity index (χ1v) is 4.83. The van der Waals surface area contributed by atoms with Crippen molar-refractivity contribution in [1.82, 2.24) is 0 Å². The molecule has 0 spiro atoms. The van der Waals surface area contributed by atoms with E-state index in [0.717, 1.165) is 5.75 Å². The summed E-state index contributed by atoms with van der Waals surface area (Å²) in [7, 11) is 1.33. The van der Waals surface area contributed by atoms with E-state index in [0.29, 0.717) is 0 Å². The Morgan fingerprint density at radius 1 is 1.50 bits per heavy atom. The van der Waals surface area contributed by atoms with Crippen molar-refractivity contribution in [2.75, 3.05) is 12.9 Å². The van der Waals surface area contributed by atoms with Gasteiger partial charge in [-0.15, -0.1) is 0 Å². The highest BCUT2D eigenvalue weighted by Gasteiger charge is 2.16.